The predicted molar refractivity (Wildman–Crippen MR) is 70.6 cm³/mol. The predicted octanol–water partition coefficient (Wildman–Crippen LogP) is 2.32. The maximum atomic E-state index is 12.4. The van der Waals surface area contributed by atoms with E-state index in [0.717, 1.165) is 19.3 Å². The van der Waals surface area contributed by atoms with Gasteiger partial charge in [0.05, 0.1) is 17.5 Å². The van der Waals surface area contributed by atoms with Crippen LogP contribution >= 0.6 is 0 Å². The first-order valence-corrected chi connectivity index (χ1v) is 6.75. The summed E-state index contributed by atoms with van der Waals surface area (Å²) in [6, 6.07) is 6.52. The van der Waals surface area contributed by atoms with Gasteiger partial charge in [-0.1, -0.05) is 19.1 Å². The van der Waals surface area contributed by atoms with E-state index in [1.54, 1.807) is 18.2 Å². The molecule has 3 unspecified atom stereocenters. The highest BCUT2D eigenvalue weighted by Crippen LogP contribution is 2.43. The number of hydrogen-bond acceptors (Lipinski definition) is 3. The molecule has 4 heteroatoms. The molecule has 1 aliphatic carbocycles. The molecule has 4 nitrogen and oxygen atoms in total. The van der Waals surface area contributed by atoms with Crippen molar-refractivity contribution < 1.29 is 14.7 Å². The Kier molecular flexibility index (Phi) is 2.81. The Morgan fingerprint density at radius 1 is 1.11 bits per heavy atom. The molecule has 1 heterocycles. The summed E-state index contributed by atoms with van der Waals surface area (Å²) in [6.45, 7) is 2.12. The van der Waals surface area contributed by atoms with Gasteiger partial charge in [-0.15, -0.1) is 0 Å². The highest BCUT2D eigenvalue weighted by atomic mass is 16.3. The lowest BCUT2D eigenvalue weighted by atomic mass is 9.76. The van der Waals surface area contributed by atoms with E-state index in [9.17, 15) is 14.7 Å². The van der Waals surface area contributed by atoms with Crippen LogP contribution in [0.15, 0.2) is 24.3 Å². The number of rotatable bonds is 1. The number of amides is 2. The van der Waals surface area contributed by atoms with Crippen molar-refractivity contribution in [2.75, 3.05) is 4.90 Å². The summed E-state index contributed by atoms with van der Waals surface area (Å²) in [5.41, 5.74) is 0.319. The Bertz CT molecular complexity index is 540. The molecular weight excluding hydrogens is 242 g/mol. The number of carbonyl (C=O) groups excluding carboxylic acids is 2. The topological polar surface area (TPSA) is 57.6 Å². The van der Waals surface area contributed by atoms with Gasteiger partial charge in [-0.25, -0.2) is 4.90 Å². The van der Waals surface area contributed by atoms with Crippen LogP contribution < -0.4 is 4.90 Å². The summed E-state index contributed by atoms with van der Waals surface area (Å²) in [4.78, 5) is 26.0. The number of carbonyl (C=O) groups is 2. The lowest BCUT2D eigenvalue weighted by Gasteiger charge is -2.25. The Labute approximate surface area is 112 Å². The minimum Gasteiger partial charge on any atom is -0.506 e. The molecule has 0 spiro atoms. The van der Waals surface area contributed by atoms with Gasteiger partial charge in [0.25, 0.3) is 0 Å². The lowest BCUT2D eigenvalue weighted by Crippen LogP contribution is -2.30. The number of fused-ring (bicyclic) bond motifs is 1. The molecule has 2 aliphatic rings. The second kappa shape index (κ2) is 4.37. The fraction of sp³-hybridized carbons (Fsp3) is 0.467. The molecule has 0 radical (unpaired) electrons. The van der Waals surface area contributed by atoms with E-state index in [1.165, 1.54) is 11.0 Å². The van der Waals surface area contributed by atoms with E-state index in [1.807, 2.05) is 0 Å². The molecule has 1 saturated heterocycles. The van der Waals surface area contributed by atoms with Crippen molar-refractivity contribution in [2.45, 2.75) is 26.2 Å². The Balaban J connectivity index is 1.98. The number of phenols is 1. The fourth-order valence-corrected chi connectivity index (χ4v) is 3.28. The number of benzene rings is 1. The smallest absolute Gasteiger partial charge is 0.237 e. The second-order valence-electron chi connectivity index (χ2n) is 5.63. The van der Waals surface area contributed by atoms with Crippen LogP contribution in [0.4, 0.5) is 5.69 Å². The average Bonchev–Trinajstić information content (AvgIpc) is 2.63. The molecule has 1 aromatic rings. The third kappa shape index (κ3) is 1.82. The Morgan fingerprint density at radius 2 is 1.79 bits per heavy atom. The van der Waals surface area contributed by atoms with Crippen LogP contribution in [0.3, 0.4) is 0 Å². The maximum absolute atomic E-state index is 12.4. The van der Waals surface area contributed by atoms with Crippen molar-refractivity contribution in [3.05, 3.63) is 24.3 Å². The highest BCUT2D eigenvalue weighted by molar-refractivity contribution is 6.22. The van der Waals surface area contributed by atoms with E-state index in [4.69, 9.17) is 0 Å². The summed E-state index contributed by atoms with van der Waals surface area (Å²) < 4.78 is 0. The summed E-state index contributed by atoms with van der Waals surface area (Å²) >= 11 is 0. The summed E-state index contributed by atoms with van der Waals surface area (Å²) in [6.07, 6.45) is 2.55. The molecule has 100 valence electrons. The van der Waals surface area contributed by atoms with Crippen LogP contribution in [0, 0.1) is 17.8 Å². The first-order chi connectivity index (χ1) is 9.09. The SMILES string of the molecule is CC1CCC2C(=O)N(c3ccccc3O)C(=O)C2C1. The minimum absolute atomic E-state index is 0.0177. The van der Waals surface area contributed by atoms with Crippen molar-refractivity contribution in [2.24, 2.45) is 17.8 Å². The molecule has 0 bridgehead atoms. The van der Waals surface area contributed by atoms with E-state index < -0.39 is 0 Å². The van der Waals surface area contributed by atoms with Gasteiger partial charge in [0, 0.05) is 0 Å². The number of anilines is 1. The van der Waals surface area contributed by atoms with E-state index in [0.29, 0.717) is 11.6 Å². The van der Waals surface area contributed by atoms with Crippen LogP contribution in [0.1, 0.15) is 26.2 Å². The number of imide groups is 1. The normalized spacial score (nSPS) is 30.6. The van der Waals surface area contributed by atoms with Crippen molar-refractivity contribution in [1.82, 2.24) is 0 Å². The van der Waals surface area contributed by atoms with E-state index in [2.05, 4.69) is 6.92 Å². The van der Waals surface area contributed by atoms with Crippen LogP contribution in [-0.4, -0.2) is 16.9 Å². The molecule has 19 heavy (non-hydrogen) atoms. The maximum Gasteiger partial charge on any atom is 0.237 e. The van der Waals surface area contributed by atoms with Gasteiger partial charge >= 0.3 is 0 Å². The molecule has 2 fully saturated rings. The van der Waals surface area contributed by atoms with Crippen molar-refractivity contribution in [3.8, 4) is 5.75 Å². The van der Waals surface area contributed by atoms with Crippen molar-refractivity contribution in [1.29, 1.82) is 0 Å². The Morgan fingerprint density at radius 3 is 2.53 bits per heavy atom. The number of hydrogen-bond donors (Lipinski definition) is 1. The molecule has 0 aromatic heterocycles. The first-order valence-electron chi connectivity index (χ1n) is 6.75. The third-order valence-electron chi connectivity index (χ3n) is 4.31. The standard InChI is InChI=1S/C15H17NO3/c1-9-6-7-10-11(8-9)15(19)16(14(10)18)12-4-2-3-5-13(12)17/h2-5,9-11,17H,6-8H2,1H3. The van der Waals surface area contributed by atoms with Crippen molar-refractivity contribution in [3.63, 3.8) is 0 Å². The van der Waals surface area contributed by atoms with Gasteiger partial charge in [-0.05, 0) is 37.3 Å². The minimum atomic E-state index is -0.198. The quantitative estimate of drug-likeness (QED) is 0.787. The van der Waals surface area contributed by atoms with Gasteiger partial charge in [-0.3, -0.25) is 9.59 Å². The molecule has 1 aromatic carbocycles. The van der Waals surface area contributed by atoms with Crippen LogP contribution in [0.5, 0.6) is 5.75 Å². The van der Waals surface area contributed by atoms with Crippen LogP contribution in [-0.2, 0) is 9.59 Å². The van der Waals surface area contributed by atoms with Crippen molar-refractivity contribution >= 4 is 17.5 Å². The van der Waals surface area contributed by atoms with Gasteiger partial charge < -0.3 is 5.11 Å². The third-order valence-corrected chi connectivity index (χ3v) is 4.31. The van der Waals surface area contributed by atoms with Gasteiger partial charge in [-0.2, -0.15) is 0 Å². The fourth-order valence-electron chi connectivity index (χ4n) is 3.28. The first kappa shape index (κ1) is 12.2. The monoisotopic (exact) mass is 259 g/mol. The second-order valence-corrected chi connectivity index (χ2v) is 5.63. The number of aromatic hydroxyl groups is 1. The van der Waals surface area contributed by atoms with Crippen LogP contribution in [0.25, 0.3) is 0 Å². The highest BCUT2D eigenvalue weighted by Gasteiger charge is 2.50. The number of phenolic OH excluding ortho intramolecular Hbond substituents is 1. The average molecular weight is 259 g/mol. The van der Waals surface area contributed by atoms with E-state index >= 15 is 0 Å². The zero-order chi connectivity index (χ0) is 13.6. The van der Waals surface area contributed by atoms with Gasteiger partial charge in [0.1, 0.15) is 5.75 Å². The summed E-state index contributed by atoms with van der Waals surface area (Å²) in [5, 5.41) is 9.85. The Hall–Kier alpha value is -1.84. The zero-order valence-corrected chi connectivity index (χ0v) is 10.9. The molecule has 1 saturated carbocycles. The number of nitrogens with zero attached hydrogens (tertiary/aromatic N) is 1. The van der Waals surface area contributed by atoms with Gasteiger partial charge in [0.15, 0.2) is 0 Å². The molecule has 2 amide bonds. The molecule has 3 atom stereocenters. The van der Waals surface area contributed by atoms with Crippen LogP contribution in [0.2, 0.25) is 0 Å². The summed E-state index contributed by atoms with van der Waals surface area (Å²) in [7, 11) is 0. The molecule has 3 rings (SSSR count). The van der Waals surface area contributed by atoms with E-state index in [-0.39, 0.29) is 29.4 Å². The largest absolute Gasteiger partial charge is 0.506 e. The zero-order valence-electron chi connectivity index (χ0n) is 10.9. The summed E-state index contributed by atoms with van der Waals surface area (Å²) in [5.74, 6) is -0.219. The molecule has 1 N–H and O–H groups in total. The molecule has 1 aliphatic heterocycles. The lowest BCUT2D eigenvalue weighted by molar-refractivity contribution is -0.122. The molecular formula is C15H17NO3. The number of para-hydroxylation sites is 2. The van der Waals surface area contributed by atoms with Gasteiger partial charge in [0.2, 0.25) is 11.8 Å².